The second kappa shape index (κ2) is 10.6. The Morgan fingerprint density at radius 3 is 2.24 bits per heavy atom. The summed E-state index contributed by atoms with van der Waals surface area (Å²) in [6.07, 6.45) is 8.41. The molecule has 0 fully saturated rings. The quantitative estimate of drug-likeness (QED) is 0.483. The van der Waals surface area contributed by atoms with Crippen LogP contribution in [0.1, 0.15) is 24.5 Å². The van der Waals surface area contributed by atoms with Crippen molar-refractivity contribution in [1.82, 2.24) is 0 Å². The van der Waals surface area contributed by atoms with Gasteiger partial charge in [-0.1, -0.05) is 0 Å². The van der Waals surface area contributed by atoms with E-state index in [9.17, 15) is 0 Å². The molecule has 1 aromatic rings. The van der Waals surface area contributed by atoms with Crippen LogP contribution in [0.15, 0.2) is 58.8 Å². The van der Waals surface area contributed by atoms with Gasteiger partial charge in [0.25, 0.3) is 0 Å². The van der Waals surface area contributed by atoms with Gasteiger partial charge in [-0.15, -0.1) is 0 Å². The van der Waals surface area contributed by atoms with E-state index in [-0.39, 0.29) is 24.8 Å². The van der Waals surface area contributed by atoms with Crippen LogP contribution >= 0.6 is 0 Å². The predicted molar refractivity (Wildman–Crippen MR) is 119 cm³/mol. The molecule has 3 rings (SSSR count). The van der Waals surface area contributed by atoms with Gasteiger partial charge in [0.05, 0.1) is 0 Å². The van der Waals surface area contributed by atoms with Crippen LogP contribution < -0.4 is 24.8 Å². The van der Waals surface area contributed by atoms with Crippen LogP contribution in [-0.4, -0.2) is 23.0 Å². The molecule has 0 aromatic heterocycles. The fraction of sp³-hybridized carbons (Fsp3) is 0.391. The third kappa shape index (κ3) is 6.05. The molecule has 0 unspecified atom stereocenters. The van der Waals surface area contributed by atoms with Gasteiger partial charge in [-0.3, -0.25) is 0 Å². The number of allylic oxidation sites excluding steroid dienone is 7. The Labute approximate surface area is 206 Å². The summed E-state index contributed by atoms with van der Waals surface area (Å²) in [7, 11) is -2.86. The zero-order chi connectivity index (χ0) is 19.8. The van der Waals surface area contributed by atoms with E-state index in [4.69, 9.17) is 4.43 Å². The molecule has 2 aliphatic carbocycles. The Kier molecular flexibility index (Phi) is 9.87. The average molecular weight is 542 g/mol. The van der Waals surface area contributed by atoms with E-state index in [1.54, 1.807) is 5.20 Å². The van der Waals surface area contributed by atoms with Crippen molar-refractivity contribution in [2.24, 2.45) is 0 Å². The van der Waals surface area contributed by atoms with Crippen LogP contribution in [0, 0.1) is 0 Å². The average Bonchev–Trinajstić information content (AvgIpc) is 3.17. The Balaban J connectivity index is 0.00000210. The van der Waals surface area contributed by atoms with E-state index in [0.29, 0.717) is 0 Å². The van der Waals surface area contributed by atoms with Crippen molar-refractivity contribution in [2.75, 3.05) is 6.61 Å². The number of hydrogen-bond donors (Lipinski definition) is 0. The molecule has 2 aliphatic rings. The molecule has 155 valence electrons. The topological polar surface area (TPSA) is 9.23 Å². The number of hydrogen-bond acceptors (Lipinski definition) is 1. The zero-order valence-corrected chi connectivity index (χ0v) is 24.3. The number of benzene rings is 1. The Morgan fingerprint density at radius 2 is 1.66 bits per heavy atom. The third-order valence-electron chi connectivity index (χ3n) is 5.53. The zero-order valence-electron chi connectivity index (χ0n) is 18.3. The summed E-state index contributed by atoms with van der Waals surface area (Å²) in [4.78, 5) is 0. The minimum absolute atomic E-state index is 0. The van der Waals surface area contributed by atoms with Gasteiger partial charge < -0.3 is 24.8 Å². The van der Waals surface area contributed by atoms with Gasteiger partial charge in [0.15, 0.2) is 0 Å². The molecule has 6 heteroatoms. The van der Waals surface area contributed by atoms with E-state index in [1.165, 1.54) is 61.9 Å². The van der Waals surface area contributed by atoms with Crippen LogP contribution in [0.2, 0.25) is 38.8 Å². The van der Waals surface area contributed by atoms with Crippen molar-refractivity contribution >= 4 is 25.2 Å². The molecule has 0 atom stereocenters. The maximum absolute atomic E-state index is 6.16. The smallest absolute Gasteiger partial charge is 1.00 e. The van der Waals surface area contributed by atoms with Crippen LogP contribution in [0.3, 0.4) is 0 Å². The van der Waals surface area contributed by atoms with Crippen molar-refractivity contribution in [3.8, 4) is 0 Å². The van der Waals surface area contributed by atoms with Crippen LogP contribution in [0.25, 0.3) is 8.85 Å². The Morgan fingerprint density at radius 1 is 1.03 bits per heavy atom. The number of rotatable bonds is 6. The minimum Gasteiger partial charge on any atom is -1.00 e. The molecule has 0 N–H and O–H groups in total. The van der Waals surface area contributed by atoms with Crippen molar-refractivity contribution in [3.63, 3.8) is 0 Å². The van der Waals surface area contributed by atoms with E-state index in [1.807, 2.05) is 0 Å². The summed E-state index contributed by atoms with van der Waals surface area (Å²) in [5.41, 5.74) is 7.31. The Hall–Kier alpha value is 0.0369. The van der Waals surface area contributed by atoms with Gasteiger partial charge in [0.1, 0.15) is 0 Å². The van der Waals surface area contributed by atoms with Crippen molar-refractivity contribution < 1.29 is 54.0 Å². The molecule has 0 radical (unpaired) electrons. The predicted octanol–water partition coefficient (Wildman–Crippen LogP) is 0.725. The first-order valence-corrected chi connectivity index (χ1v) is 17.8. The van der Waals surface area contributed by atoms with Crippen molar-refractivity contribution in [1.29, 1.82) is 0 Å². The van der Waals surface area contributed by atoms with E-state index < -0.39 is 16.4 Å². The minimum atomic E-state index is -1.45. The van der Waals surface area contributed by atoms with Crippen LogP contribution in [-0.2, 0) is 29.1 Å². The number of fused-ring (bicyclic) bond motifs is 1. The molecule has 29 heavy (non-hydrogen) atoms. The van der Waals surface area contributed by atoms with Crippen LogP contribution in [0.5, 0.6) is 0 Å². The maximum atomic E-state index is 6.16. The molecular formula is C23H31Cl2OSi2Zr. The molecule has 0 aliphatic heterocycles. The fourth-order valence-electron chi connectivity index (χ4n) is 3.90. The first-order chi connectivity index (χ1) is 12.6. The monoisotopic (exact) mass is 539 g/mol. The molecule has 1 aromatic carbocycles. The van der Waals surface area contributed by atoms with Gasteiger partial charge in [-0.05, 0) is 0 Å². The largest absolute Gasteiger partial charge is 1.00 e. The molecule has 0 bridgehead atoms. The number of halogens is 2. The Bertz CT molecular complexity index is 877. The molecule has 0 saturated carbocycles. The summed E-state index contributed by atoms with van der Waals surface area (Å²) in [5, 5.41) is 1.61. The summed E-state index contributed by atoms with van der Waals surface area (Å²) in [6.45, 7) is 14.9. The molecule has 0 amide bonds. The third-order valence-corrected chi connectivity index (χ3v) is 11.2. The van der Waals surface area contributed by atoms with Gasteiger partial charge in [-0.2, -0.15) is 0 Å². The first-order valence-electron chi connectivity index (χ1n) is 9.92. The van der Waals surface area contributed by atoms with Gasteiger partial charge in [0.2, 0.25) is 0 Å². The second-order valence-corrected chi connectivity index (χ2v) is 19.7. The van der Waals surface area contributed by atoms with Crippen molar-refractivity contribution in [3.05, 3.63) is 70.0 Å². The standard InChI is InChI=1S/C23H31OSi2.2ClH.Zr/c1-7-21-22-11-9-8-10-18(22)17-23(21)19-12-13-20(16-19)26(5,6)15-14-24-25(2,3)4;;;/h7-11,13,16H,12,14-15H2,1-6H3;2*1H;/q;;;+2/p-2. The summed E-state index contributed by atoms with van der Waals surface area (Å²) >= 11 is 1.51. The molecule has 0 saturated heterocycles. The van der Waals surface area contributed by atoms with Crippen molar-refractivity contribution in [2.45, 2.75) is 52.1 Å². The summed E-state index contributed by atoms with van der Waals surface area (Å²) in [5.74, 6) is 0. The normalized spacial score (nSPS) is 17.6. The fourth-order valence-corrected chi connectivity index (χ4v) is 8.20. The first kappa shape index (κ1) is 27.1. The van der Waals surface area contributed by atoms with Gasteiger partial charge in [0, 0.05) is 0 Å². The van der Waals surface area contributed by atoms with Gasteiger partial charge in [-0.25, -0.2) is 0 Å². The maximum Gasteiger partial charge on any atom is -1.00 e. The molecule has 1 nitrogen and oxygen atoms in total. The molecule has 0 heterocycles. The summed E-state index contributed by atoms with van der Waals surface area (Å²) in [6, 6.07) is 10.1. The summed E-state index contributed by atoms with van der Waals surface area (Å²) < 4.78 is 7.68. The van der Waals surface area contributed by atoms with Crippen LogP contribution in [0.4, 0.5) is 0 Å². The SMILES string of the molecule is CC=C1C(C2=CC([Si](C)(C)CCO[Si](C)(C)C)=CC2)=[C]([Zr+2])c2ccccc21.[Cl-].[Cl-]. The van der Waals surface area contributed by atoms with E-state index in [0.717, 1.165) is 13.0 Å². The molecule has 0 spiro atoms. The van der Waals surface area contributed by atoms with E-state index in [2.05, 4.69) is 82.2 Å². The van der Waals surface area contributed by atoms with E-state index >= 15 is 0 Å². The second-order valence-electron chi connectivity index (χ2n) is 9.13. The van der Waals surface area contributed by atoms with Gasteiger partial charge >= 0.3 is 183 Å². The molecular weight excluding hydrogens is 511 g/mol.